The van der Waals surface area contributed by atoms with Crippen molar-refractivity contribution in [1.29, 1.82) is 0 Å². The molecule has 27 heavy (non-hydrogen) atoms. The Hall–Kier alpha value is -2.82. The number of anilines is 3. The van der Waals surface area contributed by atoms with Gasteiger partial charge in [0.15, 0.2) is 6.29 Å². The van der Waals surface area contributed by atoms with Crippen LogP contribution in [0, 0.1) is 0 Å². The topological polar surface area (TPSA) is 41.1 Å². The number of rotatable bonds is 7. The summed E-state index contributed by atoms with van der Waals surface area (Å²) in [7, 11) is 4.04. The van der Waals surface area contributed by atoms with E-state index in [2.05, 4.69) is 10.6 Å². The van der Waals surface area contributed by atoms with Crippen molar-refractivity contribution in [2.24, 2.45) is 0 Å². The lowest BCUT2D eigenvalue weighted by Gasteiger charge is -2.35. The average Bonchev–Trinajstić information content (AvgIpc) is 2.68. The van der Waals surface area contributed by atoms with Crippen LogP contribution in [0.15, 0.2) is 84.9 Å². The van der Waals surface area contributed by atoms with Gasteiger partial charge in [0.05, 0.1) is 25.5 Å². The summed E-state index contributed by atoms with van der Waals surface area (Å²) in [4.78, 5) is 11.9. The van der Waals surface area contributed by atoms with E-state index in [9.17, 15) is 4.79 Å². The van der Waals surface area contributed by atoms with Crippen molar-refractivity contribution in [3.63, 3.8) is 0 Å². The van der Waals surface area contributed by atoms with Gasteiger partial charge in [0.1, 0.15) is 5.69 Å². The zero-order valence-electron chi connectivity index (χ0n) is 15.5. The van der Waals surface area contributed by atoms with Gasteiger partial charge in [-0.3, -0.25) is 9.28 Å². The van der Waals surface area contributed by atoms with Gasteiger partial charge in [-0.25, -0.2) is 0 Å². The molecule has 0 saturated heterocycles. The number of carbonyl (C=O) groups excluding carboxylic acids is 1. The maximum absolute atomic E-state index is 11.9. The summed E-state index contributed by atoms with van der Waals surface area (Å²) in [6.45, 7) is 0. The van der Waals surface area contributed by atoms with Gasteiger partial charge in [-0.15, -0.1) is 0 Å². The zero-order valence-corrected chi connectivity index (χ0v) is 16.2. The molecule has 0 radical (unpaired) electrons. The number of likely N-dealkylation sites (N-methyl/N-ethyl adjacent to an activating group) is 1. The minimum absolute atomic E-state index is 0. The van der Waals surface area contributed by atoms with Crippen LogP contribution in [0.1, 0.15) is 0 Å². The molecule has 3 rings (SSSR count). The van der Waals surface area contributed by atoms with Crippen molar-refractivity contribution >= 4 is 29.0 Å². The van der Waals surface area contributed by atoms with E-state index in [1.54, 1.807) is 0 Å². The van der Waals surface area contributed by atoms with E-state index >= 15 is 0 Å². The van der Waals surface area contributed by atoms with Crippen molar-refractivity contribution in [1.82, 2.24) is 4.48 Å². The van der Waals surface area contributed by atoms with Crippen LogP contribution >= 0.6 is 0 Å². The molecule has 1 atom stereocenters. The Morgan fingerprint density at radius 3 is 1.89 bits per heavy atom. The predicted molar refractivity (Wildman–Crippen MR) is 110 cm³/mol. The van der Waals surface area contributed by atoms with E-state index in [1.807, 2.05) is 99.0 Å². The summed E-state index contributed by atoms with van der Waals surface area (Å²) < 4.78 is 0.407. The Balaban J connectivity index is 0.00000261. The highest BCUT2D eigenvalue weighted by Crippen LogP contribution is 2.28. The maximum Gasteiger partial charge on any atom is 0.223 e. The molecule has 1 unspecified atom stereocenters. The number of benzene rings is 3. The van der Waals surface area contributed by atoms with Gasteiger partial charge in [-0.2, -0.15) is 0 Å². The summed E-state index contributed by atoms with van der Waals surface area (Å²) in [6, 6.07) is 27.9. The number of para-hydroxylation sites is 4. The van der Waals surface area contributed by atoms with E-state index in [-0.39, 0.29) is 12.4 Å². The third kappa shape index (κ3) is 4.88. The molecule has 2 N–H and O–H groups in total. The molecule has 0 bridgehead atoms. The fourth-order valence-corrected chi connectivity index (χ4v) is 2.87. The molecule has 0 aromatic heterocycles. The predicted octanol–water partition coefficient (Wildman–Crippen LogP) is 1.64. The molecule has 0 heterocycles. The molecule has 0 aliphatic carbocycles. The first-order valence-corrected chi connectivity index (χ1v) is 8.63. The van der Waals surface area contributed by atoms with Crippen LogP contribution in [0.2, 0.25) is 0 Å². The van der Waals surface area contributed by atoms with Gasteiger partial charge < -0.3 is 23.0 Å². The number of quaternary nitrogens is 1. The van der Waals surface area contributed by atoms with E-state index in [0.29, 0.717) is 4.48 Å². The van der Waals surface area contributed by atoms with Crippen LogP contribution in [0.5, 0.6) is 0 Å². The van der Waals surface area contributed by atoms with Crippen LogP contribution < -0.4 is 27.5 Å². The van der Waals surface area contributed by atoms with E-state index in [4.69, 9.17) is 0 Å². The van der Waals surface area contributed by atoms with Crippen molar-refractivity contribution in [2.45, 2.75) is 6.17 Å². The van der Waals surface area contributed by atoms with Gasteiger partial charge >= 0.3 is 0 Å². The van der Waals surface area contributed by atoms with Crippen molar-refractivity contribution in [3.05, 3.63) is 84.9 Å². The fraction of sp³-hybridized carbons (Fsp3) is 0.136. The molecule has 140 valence electrons. The Labute approximate surface area is 166 Å². The minimum atomic E-state index is -0.420. The van der Waals surface area contributed by atoms with Gasteiger partial charge in [0.2, 0.25) is 6.17 Å². The summed E-state index contributed by atoms with van der Waals surface area (Å²) in [5.41, 5.74) is 3.88. The lowest BCUT2D eigenvalue weighted by molar-refractivity contribution is -0.110. The highest BCUT2D eigenvalue weighted by Gasteiger charge is 2.30. The number of hydrogen-bond donors (Lipinski definition) is 2. The third-order valence-corrected chi connectivity index (χ3v) is 4.53. The molecular weight excluding hydrogens is 358 g/mol. The van der Waals surface area contributed by atoms with Gasteiger partial charge in [0.25, 0.3) is 0 Å². The molecule has 0 spiro atoms. The van der Waals surface area contributed by atoms with Gasteiger partial charge in [-0.1, -0.05) is 48.5 Å². The fourth-order valence-electron chi connectivity index (χ4n) is 2.87. The lowest BCUT2D eigenvalue weighted by Crippen LogP contribution is -3.00. The second-order valence-electron chi connectivity index (χ2n) is 6.64. The second kappa shape index (κ2) is 9.21. The Morgan fingerprint density at radius 1 is 0.778 bits per heavy atom. The van der Waals surface area contributed by atoms with E-state index in [0.717, 1.165) is 29.0 Å². The normalized spacial score (nSPS) is 11.8. The standard InChI is InChI=1S/C22H24N3O.ClH/c1-25(2,19-13-7-4-8-14-19)22(17-26)24-21-16-10-9-15-20(21)23-18-11-5-3-6-12-18;/h3-17,22-24H,1-2H3;1H/q+1;/p-1. The molecular formula is C22H24ClN3O. The van der Waals surface area contributed by atoms with Crippen molar-refractivity contribution < 1.29 is 17.2 Å². The quantitative estimate of drug-likeness (QED) is 0.371. The summed E-state index contributed by atoms with van der Waals surface area (Å²) in [6.07, 6.45) is 0.544. The van der Waals surface area contributed by atoms with Gasteiger partial charge in [0, 0.05) is 5.69 Å². The number of hydrogen-bond acceptors (Lipinski definition) is 3. The number of carbonyl (C=O) groups is 1. The molecule has 0 amide bonds. The number of nitrogens with one attached hydrogen (secondary N) is 2. The molecule has 0 aliphatic rings. The molecule has 0 aliphatic heterocycles. The number of halogens is 1. The van der Waals surface area contributed by atoms with Crippen LogP contribution in [0.3, 0.4) is 0 Å². The summed E-state index contributed by atoms with van der Waals surface area (Å²) in [5, 5.41) is 6.81. The first-order valence-electron chi connectivity index (χ1n) is 8.63. The van der Waals surface area contributed by atoms with Gasteiger partial charge in [-0.05, 0) is 36.4 Å². The molecule has 3 aromatic carbocycles. The first-order chi connectivity index (χ1) is 12.6. The number of aldehydes is 1. The highest BCUT2D eigenvalue weighted by atomic mass is 35.5. The molecule has 5 heteroatoms. The first kappa shape index (κ1) is 20.5. The Kier molecular flexibility index (Phi) is 6.99. The van der Waals surface area contributed by atoms with Crippen molar-refractivity contribution in [2.75, 3.05) is 24.7 Å². The summed E-state index contributed by atoms with van der Waals surface area (Å²) >= 11 is 0. The zero-order chi connectivity index (χ0) is 18.4. The van der Waals surface area contributed by atoms with E-state index in [1.165, 1.54) is 0 Å². The third-order valence-electron chi connectivity index (χ3n) is 4.53. The highest BCUT2D eigenvalue weighted by molar-refractivity contribution is 5.78. The second-order valence-corrected chi connectivity index (χ2v) is 6.64. The lowest BCUT2D eigenvalue weighted by atomic mass is 10.2. The SMILES string of the molecule is C[N+](C)(c1ccccc1)C(C=O)Nc1ccccc1Nc1ccccc1.[Cl-]. The van der Waals surface area contributed by atoms with Crippen molar-refractivity contribution in [3.8, 4) is 0 Å². The Bertz CT molecular complexity index is 854. The number of nitrogens with zero attached hydrogens (tertiary/aromatic N) is 1. The minimum Gasteiger partial charge on any atom is -1.00 e. The molecule has 0 saturated carbocycles. The van der Waals surface area contributed by atoms with Crippen LogP contribution in [0.4, 0.5) is 22.7 Å². The monoisotopic (exact) mass is 381 g/mol. The summed E-state index contributed by atoms with van der Waals surface area (Å²) in [5.74, 6) is 0. The van der Waals surface area contributed by atoms with Crippen LogP contribution in [-0.4, -0.2) is 26.5 Å². The Morgan fingerprint density at radius 2 is 1.30 bits per heavy atom. The molecule has 4 nitrogen and oxygen atoms in total. The van der Waals surface area contributed by atoms with Crippen LogP contribution in [0.25, 0.3) is 0 Å². The van der Waals surface area contributed by atoms with E-state index < -0.39 is 6.17 Å². The maximum atomic E-state index is 11.9. The average molecular weight is 382 g/mol. The smallest absolute Gasteiger partial charge is 0.223 e. The molecule has 0 fully saturated rings. The largest absolute Gasteiger partial charge is 1.00 e. The molecule has 3 aromatic rings. The van der Waals surface area contributed by atoms with Crippen LogP contribution in [-0.2, 0) is 4.79 Å².